The van der Waals surface area contributed by atoms with Gasteiger partial charge >= 0.3 is 0 Å². The first kappa shape index (κ1) is 14.5. The van der Waals surface area contributed by atoms with Crippen LogP contribution < -0.4 is 10.2 Å². The van der Waals surface area contributed by atoms with Gasteiger partial charge in [-0.25, -0.2) is 4.98 Å². The Labute approximate surface area is 123 Å². The van der Waals surface area contributed by atoms with Crippen molar-refractivity contribution in [3.8, 4) is 0 Å². The normalized spacial score (nSPS) is 10.8. The van der Waals surface area contributed by atoms with Crippen molar-refractivity contribution in [1.82, 2.24) is 10.3 Å². The Bertz CT molecular complexity index is 465. The Kier molecular flexibility index (Phi) is 5.82. The molecule has 0 aliphatic rings. The number of hydrogen-bond acceptors (Lipinski definition) is 5. The monoisotopic (exact) mass is 295 g/mol. The molecule has 0 aliphatic carbocycles. The molecular weight excluding hydrogens is 274 g/mol. The van der Waals surface area contributed by atoms with Crippen LogP contribution in [0.15, 0.2) is 23.7 Å². The number of thiophene rings is 1. The lowest BCUT2D eigenvalue weighted by atomic mass is 10.4. The zero-order valence-corrected chi connectivity index (χ0v) is 13.2. The molecule has 0 radical (unpaired) electrons. The van der Waals surface area contributed by atoms with E-state index in [4.69, 9.17) is 0 Å². The lowest BCUT2D eigenvalue weighted by Gasteiger charge is -2.18. The van der Waals surface area contributed by atoms with Crippen LogP contribution in [0.1, 0.15) is 30.0 Å². The molecular formula is C14H21N3S2. The molecule has 2 aromatic heterocycles. The third-order valence-corrected chi connectivity index (χ3v) is 4.77. The molecule has 1 N–H and O–H groups in total. The molecule has 5 heteroatoms. The number of nitrogens with zero attached hydrogens (tertiary/aromatic N) is 2. The highest BCUT2D eigenvalue weighted by Crippen LogP contribution is 2.24. The van der Waals surface area contributed by atoms with E-state index in [1.165, 1.54) is 16.2 Å². The van der Waals surface area contributed by atoms with Crippen LogP contribution in [0.2, 0.25) is 0 Å². The maximum atomic E-state index is 4.56. The van der Waals surface area contributed by atoms with E-state index in [1.807, 2.05) is 17.5 Å². The first-order chi connectivity index (χ1) is 9.33. The smallest absolute Gasteiger partial charge is 0.185 e. The summed E-state index contributed by atoms with van der Waals surface area (Å²) >= 11 is 3.60. The second-order valence-electron chi connectivity index (χ2n) is 4.38. The van der Waals surface area contributed by atoms with Gasteiger partial charge in [-0.15, -0.1) is 22.7 Å². The second-order valence-corrected chi connectivity index (χ2v) is 6.51. The van der Waals surface area contributed by atoms with Crippen LogP contribution in [0.5, 0.6) is 0 Å². The Morgan fingerprint density at radius 3 is 2.89 bits per heavy atom. The van der Waals surface area contributed by atoms with E-state index in [1.54, 1.807) is 11.3 Å². The Balaban J connectivity index is 1.94. The van der Waals surface area contributed by atoms with Crippen LogP contribution in [-0.2, 0) is 13.1 Å². The van der Waals surface area contributed by atoms with Crippen LogP contribution in [0.25, 0.3) is 0 Å². The number of thiazole rings is 1. The molecule has 0 unspecified atom stereocenters. The molecule has 0 fully saturated rings. The van der Waals surface area contributed by atoms with E-state index in [0.29, 0.717) is 0 Å². The highest BCUT2D eigenvalue weighted by atomic mass is 32.1. The second kappa shape index (κ2) is 7.62. The van der Waals surface area contributed by atoms with Gasteiger partial charge in [0.1, 0.15) is 0 Å². The fourth-order valence-electron chi connectivity index (χ4n) is 1.82. The van der Waals surface area contributed by atoms with E-state index < -0.39 is 0 Å². The maximum Gasteiger partial charge on any atom is 0.185 e. The Hall–Kier alpha value is -0.910. The summed E-state index contributed by atoms with van der Waals surface area (Å²) in [6, 6.07) is 4.29. The standard InChI is InChI=1S/C14H21N3S2/c1-3-7-15-9-13-10-16-14(19-13)17(4-2)11-12-6-5-8-18-12/h5-6,8,10,15H,3-4,7,9,11H2,1-2H3. The van der Waals surface area contributed by atoms with Crippen molar-refractivity contribution in [1.29, 1.82) is 0 Å². The molecule has 0 atom stereocenters. The lowest BCUT2D eigenvalue weighted by Crippen LogP contribution is -2.21. The van der Waals surface area contributed by atoms with Crippen LogP contribution in [0.4, 0.5) is 5.13 Å². The zero-order valence-electron chi connectivity index (χ0n) is 11.6. The average molecular weight is 295 g/mol. The van der Waals surface area contributed by atoms with Crippen molar-refractivity contribution < 1.29 is 0 Å². The van der Waals surface area contributed by atoms with Crippen molar-refractivity contribution in [2.75, 3.05) is 18.0 Å². The van der Waals surface area contributed by atoms with Crippen LogP contribution >= 0.6 is 22.7 Å². The number of anilines is 1. The van der Waals surface area contributed by atoms with E-state index in [0.717, 1.165) is 31.3 Å². The third kappa shape index (κ3) is 4.30. The number of nitrogens with one attached hydrogen (secondary N) is 1. The van der Waals surface area contributed by atoms with Crippen LogP contribution in [-0.4, -0.2) is 18.1 Å². The molecule has 0 spiro atoms. The fraction of sp³-hybridized carbons (Fsp3) is 0.500. The minimum absolute atomic E-state index is 0.933. The SMILES string of the molecule is CCCNCc1cnc(N(CC)Cc2cccs2)s1. The first-order valence-electron chi connectivity index (χ1n) is 6.76. The van der Waals surface area contributed by atoms with Gasteiger partial charge in [-0.3, -0.25) is 0 Å². The minimum Gasteiger partial charge on any atom is -0.343 e. The van der Waals surface area contributed by atoms with Gasteiger partial charge in [-0.05, 0) is 31.3 Å². The molecule has 0 aromatic carbocycles. The fourth-order valence-corrected chi connectivity index (χ4v) is 3.48. The summed E-state index contributed by atoms with van der Waals surface area (Å²) in [5, 5.41) is 6.68. The molecule has 19 heavy (non-hydrogen) atoms. The van der Waals surface area contributed by atoms with E-state index in [9.17, 15) is 0 Å². The van der Waals surface area contributed by atoms with Gasteiger partial charge in [0.15, 0.2) is 5.13 Å². The number of rotatable bonds is 8. The molecule has 0 saturated carbocycles. The van der Waals surface area contributed by atoms with Crippen molar-refractivity contribution in [2.24, 2.45) is 0 Å². The quantitative estimate of drug-likeness (QED) is 0.752. The van der Waals surface area contributed by atoms with Crippen molar-refractivity contribution in [2.45, 2.75) is 33.4 Å². The van der Waals surface area contributed by atoms with Gasteiger partial charge in [0.2, 0.25) is 0 Å². The predicted molar refractivity (Wildman–Crippen MR) is 85.2 cm³/mol. The van der Waals surface area contributed by atoms with Gasteiger partial charge in [-0.2, -0.15) is 0 Å². The molecule has 2 heterocycles. The van der Waals surface area contributed by atoms with Gasteiger partial charge in [0, 0.05) is 29.0 Å². The molecule has 0 aliphatic heterocycles. The highest BCUT2D eigenvalue weighted by Gasteiger charge is 2.10. The van der Waals surface area contributed by atoms with E-state index in [2.05, 4.69) is 46.6 Å². The topological polar surface area (TPSA) is 28.2 Å². The summed E-state index contributed by atoms with van der Waals surface area (Å²) < 4.78 is 0. The summed E-state index contributed by atoms with van der Waals surface area (Å²) in [7, 11) is 0. The molecule has 104 valence electrons. The summed E-state index contributed by atoms with van der Waals surface area (Å²) in [6.45, 7) is 8.33. The third-order valence-electron chi connectivity index (χ3n) is 2.85. The zero-order chi connectivity index (χ0) is 13.5. The molecule has 0 bridgehead atoms. The van der Waals surface area contributed by atoms with E-state index >= 15 is 0 Å². The van der Waals surface area contributed by atoms with Gasteiger partial charge in [-0.1, -0.05) is 13.0 Å². The van der Waals surface area contributed by atoms with Gasteiger partial charge in [0.25, 0.3) is 0 Å². The largest absolute Gasteiger partial charge is 0.343 e. The van der Waals surface area contributed by atoms with Crippen molar-refractivity contribution >= 4 is 27.8 Å². The average Bonchev–Trinajstić information content (AvgIpc) is 3.07. The summed E-state index contributed by atoms with van der Waals surface area (Å²) in [5.74, 6) is 0. The predicted octanol–water partition coefficient (Wildman–Crippen LogP) is 3.73. The van der Waals surface area contributed by atoms with E-state index in [-0.39, 0.29) is 0 Å². The Morgan fingerprint density at radius 2 is 2.21 bits per heavy atom. The van der Waals surface area contributed by atoms with Crippen LogP contribution in [0.3, 0.4) is 0 Å². The molecule has 0 amide bonds. The van der Waals surface area contributed by atoms with Gasteiger partial charge < -0.3 is 10.2 Å². The number of hydrogen-bond donors (Lipinski definition) is 1. The maximum absolute atomic E-state index is 4.56. The molecule has 0 saturated heterocycles. The first-order valence-corrected chi connectivity index (χ1v) is 8.45. The Morgan fingerprint density at radius 1 is 1.32 bits per heavy atom. The lowest BCUT2D eigenvalue weighted by molar-refractivity contribution is 0.681. The highest BCUT2D eigenvalue weighted by molar-refractivity contribution is 7.15. The van der Waals surface area contributed by atoms with Crippen molar-refractivity contribution in [3.05, 3.63) is 33.5 Å². The van der Waals surface area contributed by atoms with Gasteiger partial charge in [0.05, 0.1) is 6.54 Å². The summed E-state index contributed by atoms with van der Waals surface area (Å²) in [5.41, 5.74) is 0. The molecule has 2 rings (SSSR count). The summed E-state index contributed by atoms with van der Waals surface area (Å²) in [4.78, 5) is 9.59. The molecule has 3 nitrogen and oxygen atoms in total. The summed E-state index contributed by atoms with van der Waals surface area (Å²) in [6.07, 6.45) is 3.17. The van der Waals surface area contributed by atoms with Crippen LogP contribution in [0, 0.1) is 0 Å². The number of aromatic nitrogens is 1. The molecule has 2 aromatic rings. The minimum atomic E-state index is 0.933. The van der Waals surface area contributed by atoms with Crippen molar-refractivity contribution in [3.63, 3.8) is 0 Å².